The van der Waals surface area contributed by atoms with Crippen molar-refractivity contribution in [2.24, 2.45) is 11.7 Å². The lowest BCUT2D eigenvalue weighted by Gasteiger charge is -2.33. The van der Waals surface area contributed by atoms with Gasteiger partial charge >= 0.3 is 0 Å². The SMILES string of the molecule is CC(N)C1CCN(C(=O)Cc2csc(-c3cccc(F)c3)n2)CC1.Cl.Cl. The van der Waals surface area contributed by atoms with Gasteiger partial charge in [-0.1, -0.05) is 12.1 Å². The molecule has 1 aliphatic heterocycles. The van der Waals surface area contributed by atoms with Crippen LogP contribution in [-0.2, 0) is 11.2 Å². The average Bonchev–Trinajstić information content (AvgIpc) is 3.03. The van der Waals surface area contributed by atoms with E-state index in [1.54, 1.807) is 6.07 Å². The highest BCUT2D eigenvalue weighted by atomic mass is 35.5. The molecule has 26 heavy (non-hydrogen) atoms. The molecule has 1 saturated heterocycles. The van der Waals surface area contributed by atoms with Crippen molar-refractivity contribution in [3.63, 3.8) is 0 Å². The lowest BCUT2D eigenvalue weighted by molar-refractivity contribution is -0.132. The van der Waals surface area contributed by atoms with Gasteiger partial charge in [0.1, 0.15) is 10.8 Å². The molecule has 0 radical (unpaired) electrons. The Balaban J connectivity index is 0.00000169. The van der Waals surface area contributed by atoms with Crippen LogP contribution in [-0.4, -0.2) is 34.9 Å². The summed E-state index contributed by atoms with van der Waals surface area (Å²) in [5.74, 6) is 0.333. The molecular formula is C18H24Cl2FN3OS. The Morgan fingerprint density at radius 2 is 2.08 bits per heavy atom. The summed E-state index contributed by atoms with van der Waals surface area (Å²) in [5.41, 5.74) is 7.44. The van der Waals surface area contributed by atoms with Gasteiger partial charge in [0.2, 0.25) is 5.91 Å². The number of hydrogen-bond donors (Lipinski definition) is 1. The molecule has 0 spiro atoms. The molecule has 8 heteroatoms. The second kappa shape index (κ2) is 10.2. The van der Waals surface area contributed by atoms with E-state index in [4.69, 9.17) is 5.73 Å². The first kappa shape index (κ1) is 22.8. The summed E-state index contributed by atoms with van der Waals surface area (Å²) < 4.78 is 13.3. The number of carbonyl (C=O) groups is 1. The quantitative estimate of drug-likeness (QED) is 0.816. The number of amides is 1. The van der Waals surface area contributed by atoms with Crippen LogP contribution in [0.5, 0.6) is 0 Å². The number of halogens is 3. The molecule has 144 valence electrons. The number of nitrogens with two attached hydrogens (primary N) is 1. The van der Waals surface area contributed by atoms with Crippen molar-refractivity contribution >= 4 is 42.1 Å². The molecule has 1 amide bonds. The van der Waals surface area contributed by atoms with Crippen LogP contribution in [0.1, 0.15) is 25.5 Å². The molecule has 1 atom stereocenters. The van der Waals surface area contributed by atoms with Gasteiger partial charge in [-0.3, -0.25) is 4.79 Å². The third-order valence-corrected chi connectivity index (χ3v) is 5.53. The van der Waals surface area contributed by atoms with Gasteiger partial charge in [-0.15, -0.1) is 36.2 Å². The Hall–Kier alpha value is -1.21. The largest absolute Gasteiger partial charge is 0.342 e. The zero-order valence-corrected chi connectivity index (χ0v) is 17.0. The fraction of sp³-hybridized carbons (Fsp3) is 0.444. The molecule has 1 aromatic carbocycles. The lowest BCUT2D eigenvalue weighted by atomic mass is 9.91. The maximum Gasteiger partial charge on any atom is 0.228 e. The molecule has 1 unspecified atom stereocenters. The van der Waals surface area contributed by atoms with Crippen molar-refractivity contribution in [1.29, 1.82) is 0 Å². The molecule has 1 fully saturated rings. The Morgan fingerprint density at radius 1 is 1.38 bits per heavy atom. The van der Waals surface area contributed by atoms with E-state index >= 15 is 0 Å². The Morgan fingerprint density at radius 3 is 2.69 bits per heavy atom. The van der Waals surface area contributed by atoms with Crippen molar-refractivity contribution in [3.8, 4) is 10.6 Å². The Labute approximate surface area is 169 Å². The van der Waals surface area contributed by atoms with Crippen molar-refractivity contribution in [2.75, 3.05) is 13.1 Å². The molecule has 1 aromatic heterocycles. The Kier molecular flexibility index (Phi) is 8.96. The van der Waals surface area contributed by atoms with Crippen LogP contribution < -0.4 is 5.73 Å². The first-order valence-electron chi connectivity index (χ1n) is 8.26. The second-order valence-electron chi connectivity index (χ2n) is 6.41. The Bertz CT molecular complexity index is 718. The monoisotopic (exact) mass is 419 g/mol. The van der Waals surface area contributed by atoms with E-state index in [0.717, 1.165) is 42.2 Å². The third-order valence-electron chi connectivity index (χ3n) is 4.59. The molecule has 1 aliphatic rings. The number of likely N-dealkylation sites (tertiary alicyclic amines) is 1. The maximum absolute atomic E-state index is 13.3. The minimum Gasteiger partial charge on any atom is -0.342 e. The summed E-state index contributed by atoms with van der Waals surface area (Å²) in [6.07, 6.45) is 2.23. The molecule has 0 saturated carbocycles. The lowest BCUT2D eigenvalue weighted by Crippen LogP contribution is -2.43. The number of hydrogen-bond acceptors (Lipinski definition) is 4. The van der Waals surface area contributed by atoms with Crippen molar-refractivity contribution < 1.29 is 9.18 Å². The summed E-state index contributed by atoms with van der Waals surface area (Å²) in [6, 6.07) is 6.55. The molecular weight excluding hydrogens is 396 g/mol. The predicted octanol–water partition coefficient (Wildman–Crippen LogP) is 3.92. The smallest absolute Gasteiger partial charge is 0.228 e. The van der Waals surface area contributed by atoms with E-state index in [0.29, 0.717) is 12.3 Å². The summed E-state index contributed by atoms with van der Waals surface area (Å²) in [5, 5.41) is 2.63. The van der Waals surface area contributed by atoms with E-state index in [-0.39, 0.29) is 42.6 Å². The van der Waals surface area contributed by atoms with E-state index in [9.17, 15) is 9.18 Å². The van der Waals surface area contributed by atoms with Gasteiger partial charge in [-0.25, -0.2) is 9.37 Å². The van der Waals surface area contributed by atoms with Gasteiger partial charge < -0.3 is 10.6 Å². The van der Waals surface area contributed by atoms with Crippen LogP contribution >= 0.6 is 36.2 Å². The molecule has 0 aliphatic carbocycles. The highest BCUT2D eigenvalue weighted by Gasteiger charge is 2.25. The topological polar surface area (TPSA) is 59.2 Å². The zero-order valence-electron chi connectivity index (χ0n) is 14.6. The van der Waals surface area contributed by atoms with Gasteiger partial charge in [0.05, 0.1) is 12.1 Å². The van der Waals surface area contributed by atoms with Crippen LogP contribution in [0.4, 0.5) is 4.39 Å². The number of nitrogens with zero attached hydrogens (tertiary/aromatic N) is 2. The minimum absolute atomic E-state index is 0. The van der Waals surface area contributed by atoms with E-state index < -0.39 is 0 Å². The van der Waals surface area contributed by atoms with Gasteiger partial charge in [0, 0.05) is 30.1 Å². The molecule has 3 rings (SSSR count). The predicted molar refractivity (Wildman–Crippen MR) is 109 cm³/mol. The van der Waals surface area contributed by atoms with Crippen LogP contribution in [0.3, 0.4) is 0 Å². The summed E-state index contributed by atoms with van der Waals surface area (Å²) in [4.78, 5) is 18.8. The number of aromatic nitrogens is 1. The van der Waals surface area contributed by atoms with Gasteiger partial charge in [-0.05, 0) is 37.8 Å². The second-order valence-corrected chi connectivity index (χ2v) is 7.27. The fourth-order valence-electron chi connectivity index (χ4n) is 3.08. The highest BCUT2D eigenvalue weighted by Crippen LogP contribution is 2.25. The van der Waals surface area contributed by atoms with Crippen molar-refractivity contribution in [3.05, 3.63) is 41.2 Å². The normalized spacial score (nSPS) is 15.7. The van der Waals surface area contributed by atoms with Crippen molar-refractivity contribution in [1.82, 2.24) is 9.88 Å². The maximum atomic E-state index is 13.3. The van der Waals surface area contributed by atoms with E-state index in [2.05, 4.69) is 4.98 Å². The number of benzene rings is 1. The fourth-order valence-corrected chi connectivity index (χ4v) is 3.90. The van der Waals surface area contributed by atoms with E-state index in [1.807, 2.05) is 23.3 Å². The number of thiazole rings is 1. The van der Waals surface area contributed by atoms with Crippen LogP contribution in [0, 0.1) is 11.7 Å². The van der Waals surface area contributed by atoms with Crippen LogP contribution in [0.15, 0.2) is 29.6 Å². The number of piperidine rings is 1. The minimum atomic E-state index is -0.280. The molecule has 2 aromatic rings. The third kappa shape index (κ3) is 5.64. The molecule has 2 heterocycles. The number of rotatable bonds is 4. The first-order valence-corrected chi connectivity index (χ1v) is 9.14. The molecule has 0 bridgehead atoms. The van der Waals surface area contributed by atoms with Crippen LogP contribution in [0.2, 0.25) is 0 Å². The summed E-state index contributed by atoms with van der Waals surface area (Å²) in [7, 11) is 0. The average molecular weight is 420 g/mol. The number of carbonyl (C=O) groups excluding carboxylic acids is 1. The van der Waals surface area contributed by atoms with Gasteiger partial charge in [0.15, 0.2) is 0 Å². The summed E-state index contributed by atoms with van der Waals surface area (Å²) >= 11 is 1.44. The van der Waals surface area contributed by atoms with Gasteiger partial charge in [0.25, 0.3) is 0 Å². The molecule has 4 nitrogen and oxygen atoms in total. The highest BCUT2D eigenvalue weighted by molar-refractivity contribution is 7.13. The molecule has 2 N–H and O–H groups in total. The standard InChI is InChI=1S/C18H22FN3OS.2ClH/c1-12(20)13-5-7-22(8-6-13)17(23)10-16-11-24-18(21-16)14-3-2-4-15(19)9-14;;/h2-4,9,11-13H,5-8,10,20H2,1H3;2*1H. The first-order chi connectivity index (χ1) is 11.5. The van der Waals surface area contributed by atoms with Crippen LogP contribution in [0.25, 0.3) is 10.6 Å². The zero-order chi connectivity index (χ0) is 17.1. The summed E-state index contributed by atoms with van der Waals surface area (Å²) in [6.45, 7) is 3.57. The van der Waals surface area contributed by atoms with E-state index in [1.165, 1.54) is 23.5 Å². The van der Waals surface area contributed by atoms with Crippen molar-refractivity contribution in [2.45, 2.75) is 32.2 Å². The van der Waals surface area contributed by atoms with Gasteiger partial charge in [-0.2, -0.15) is 0 Å².